The van der Waals surface area contributed by atoms with Gasteiger partial charge in [0, 0.05) is 35.9 Å². The number of anilines is 2. The highest BCUT2D eigenvalue weighted by atomic mass is 16.5. The van der Waals surface area contributed by atoms with Crippen LogP contribution in [0.2, 0.25) is 0 Å². The maximum atomic E-state index is 13.2. The normalized spacial score (nSPS) is 19.1. The molecule has 8 rings (SSSR count). The second-order valence-corrected chi connectivity index (χ2v) is 12.6. The van der Waals surface area contributed by atoms with Gasteiger partial charge in [-0.1, -0.05) is 12.1 Å². The van der Waals surface area contributed by atoms with Crippen LogP contribution in [0.15, 0.2) is 76.3 Å². The number of nitrogens with two attached hydrogens (primary N) is 1. The van der Waals surface area contributed by atoms with Crippen molar-refractivity contribution >= 4 is 39.4 Å². The van der Waals surface area contributed by atoms with E-state index in [-0.39, 0.29) is 24.0 Å². The molecule has 48 heavy (non-hydrogen) atoms. The van der Waals surface area contributed by atoms with E-state index < -0.39 is 5.76 Å². The minimum Gasteiger partial charge on any atom is -0.497 e. The second kappa shape index (κ2) is 11.9. The topological polar surface area (TPSA) is 152 Å². The fraction of sp³-hybridized carbons (Fsp3) is 0.306. The van der Waals surface area contributed by atoms with Crippen LogP contribution in [-0.2, 0) is 16.1 Å². The van der Waals surface area contributed by atoms with Crippen molar-refractivity contribution in [3.05, 3.63) is 94.4 Å². The summed E-state index contributed by atoms with van der Waals surface area (Å²) in [7, 11) is 1.62. The van der Waals surface area contributed by atoms with Crippen LogP contribution >= 0.6 is 0 Å². The maximum Gasteiger partial charge on any atom is 0.420 e. The van der Waals surface area contributed by atoms with E-state index in [2.05, 4.69) is 20.4 Å². The third-order valence-electron chi connectivity index (χ3n) is 9.41. The molecule has 3 N–H and O–H groups in total. The second-order valence-electron chi connectivity index (χ2n) is 12.6. The van der Waals surface area contributed by atoms with E-state index in [1.54, 1.807) is 17.9 Å². The summed E-state index contributed by atoms with van der Waals surface area (Å²) in [6, 6.07) is 15.0. The lowest BCUT2D eigenvalue weighted by Crippen LogP contribution is -2.18. The number of rotatable bonds is 8. The number of benzene rings is 2. The highest BCUT2D eigenvalue weighted by molar-refractivity contribution is 5.99. The molecule has 0 spiro atoms. The van der Waals surface area contributed by atoms with Crippen LogP contribution in [0.1, 0.15) is 54.5 Å². The van der Waals surface area contributed by atoms with Gasteiger partial charge in [-0.05, 0) is 97.0 Å². The lowest BCUT2D eigenvalue weighted by Gasteiger charge is -2.22. The number of carbonyl (C=O) groups excluding carboxylic acids is 1. The van der Waals surface area contributed by atoms with E-state index in [1.807, 2.05) is 72.5 Å². The molecule has 3 atom stereocenters. The first kappa shape index (κ1) is 29.9. The Bertz CT molecular complexity index is 2230. The van der Waals surface area contributed by atoms with Gasteiger partial charge in [0.15, 0.2) is 5.58 Å². The Balaban J connectivity index is 1.02. The van der Waals surface area contributed by atoms with Gasteiger partial charge in [-0.2, -0.15) is 5.10 Å². The van der Waals surface area contributed by atoms with Gasteiger partial charge in [-0.25, -0.2) is 19.4 Å². The summed E-state index contributed by atoms with van der Waals surface area (Å²) in [5.41, 5.74) is 11.8. The number of nitrogens with zero attached hydrogens (tertiary/aromatic N) is 5. The van der Waals surface area contributed by atoms with Crippen molar-refractivity contribution in [2.45, 2.75) is 51.3 Å². The number of nitrogens with one attached hydrogen (secondary N) is 1. The van der Waals surface area contributed by atoms with Crippen molar-refractivity contribution in [3.8, 4) is 17.0 Å². The molecular weight excluding hydrogens is 610 g/mol. The van der Waals surface area contributed by atoms with E-state index in [0.29, 0.717) is 40.4 Å². The highest BCUT2D eigenvalue weighted by Crippen LogP contribution is 2.48. The largest absolute Gasteiger partial charge is 0.497 e. The first-order chi connectivity index (χ1) is 23.3. The molecular formula is C36H35N7O5. The molecule has 1 aliphatic heterocycles. The summed E-state index contributed by atoms with van der Waals surface area (Å²) in [6.07, 6.45) is 9.39. The Kier molecular flexibility index (Phi) is 7.44. The van der Waals surface area contributed by atoms with E-state index in [1.165, 1.54) is 0 Å². The monoisotopic (exact) mass is 645 g/mol. The maximum absolute atomic E-state index is 13.2. The lowest BCUT2D eigenvalue weighted by molar-refractivity contribution is -0.117. The molecule has 2 aliphatic rings. The Labute approximate surface area is 275 Å². The standard InChI is InChI=1S/C36H35N7O5/c1-20-11-30-31(48-36(45)42(30)18-21-6-8-24(46-2)9-7-21)15-25(20)29-12-22-13-32(38-17-28(22)34(37)40-29)41-35(44)27-14-26(27)23-16-39-43(19-23)33-5-3-4-10-47-33/h6-9,11-13,15-17,19,26-27,33H,3-5,10,14,18H2,1-2H3,(H2,37,40)(H,38,41,44). The predicted octanol–water partition coefficient (Wildman–Crippen LogP) is 5.79. The Morgan fingerprint density at radius 2 is 1.98 bits per heavy atom. The number of amides is 1. The minimum atomic E-state index is -0.445. The first-order valence-electron chi connectivity index (χ1n) is 16.1. The number of oxazole rings is 1. The summed E-state index contributed by atoms with van der Waals surface area (Å²) in [6.45, 7) is 3.07. The third-order valence-corrected chi connectivity index (χ3v) is 9.41. The van der Waals surface area contributed by atoms with Gasteiger partial charge in [0.1, 0.15) is 23.6 Å². The molecule has 5 heterocycles. The predicted molar refractivity (Wildman–Crippen MR) is 181 cm³/mol. The average molecular weight is 646 g/mol. The van der Waals surface area contributed by atoms with E-state index in [4.69, 9.17) is 19.6 Å². The fourth-order valence-electron chi connectivity index (χ4n) is 6.64. The molecule has 1 amide bonds. The number of methoxy groups -OCH3 is 1. The molecule has 244 valence electrons. The molecule has 1 saturated carbocycles. The van der Waals surface area contributed by atoms with Gasteiger partial charge in [0.25, 0.3) is 0 Å². The van der Waals surface area contributed by atoms with Crippen molar-refractivity contribution in [1.82, 2.24) is 24.3 Å². The number of hydrogen-bond acceptors (Lipinski definition) is 9. The molecule has 1 aliphatic carbocycles. The van der Waals surface area contributed by atoms with Gasteiger partial charge < -0.3 is 24.9 Å². The Morgan fingerprint density at radius 1 is 1.12 bits per heavy atom. The molecule has 3 unspecified atom stereocenters. The molecule has 2 fully saturated rings. The van der Waals surface area contributed by atoms with Crippen LogP contribution in [0.3, 0.4) is 0 Å². The lowest BCUT2D eigenvalue weighted by atomic mass is 10.0. The molecule has 0 bridgehead atoms. The number of aromatic nitrogens is 5. The van der Waals surface area contributed by atoms with Crippen molar-refractivity contribution in [1.29, 1.82) is 0 Å². The van der Waals surface area contributed by atoms with Crippen LogP contribution in [0, 0.1) is 12.8 Å². The third kappa shape index (κ3) is 5.57. The molecule has 1 saturated heterocycles. The molecule has 12 heteroatoms. The van der Waals surface area contributed by atoms with Gasteiger partial charge in [0.2, 0.25) is 5.91 Å². The quantitative estimate of drug-likeness (QED) is 0.209. The molecule has 4 aromatic heterocycles. The molecule has 2 aromatic carbocycles. The van der Waals surface area contributed by atoms with Crippen LogP contribution in [-0.4, -0.2) is 43.9 Å². The highest BCUT2D eigenvalue weighted by Gasteiger charge is 2.45. The van der Waals surface area contributed by atoms with Gasteiger partial charge in [-0.3, -0.25) is 9.36 Å². The average Bonchev–Trinajstić information content (AvgIpc) is 3.65. The number of carbonyl (C=O) groups is 1. The van der Waals surface area contributed by atoms with E-state index in [9.17, 15) is 9.59 Å². The summed E-state index contributed by atoms with van der Waals surface area (Å²) < 4.78 is 20.3. The SMILES string of the molecule is COc1ccc(Cn2c(=O)oc3cc(-c4cc5cc(NC(=O)C6CC6c6cnn(C7CCCCO7)c6)ncc5c(N)n4)c(C)cc32)cc1. The van der Waals surface area contributed by atoms with Crippen LogP contribution in [0.4, 0.5) is 11.6 Å². The van der Waals surface area contributed by atoms with Crippen molar-refractivity contribution < 1.29 is 18.7 Å². The smallest absolute Gasteiger partial charge is 0.420 e. The van der Waals surface area contributed by atoms with Gasteiger partial charge in [-0.15, -0.1) is 0 Å². The summed E-state index contributed by atoms with van der Waals surface area (Å²) >= 11 is 0. The number of hydrogen-bond donors (Lipinski definition) is 2. The number of nitrogen functional groups attached to an aromatic ring is 1. The van der Waals surface area contributed by atoms with Crippen LogP contribution in [0.25, 0.3) is 33.1 Å². The van der Waals surface area contributed by atoms with Crippen molar-refractivity contribution in [2.75, 3.05) is 24.8 Å². The summed E-state index contributed by atoms with van der Waals surface area (Å²) in [5.74, 6) is 0.954. The molecule has 0 radical (unpaired) electrons. The fourth-order valence-corrected chi connectivity index (χ4v) is 6.64. The number of ether oxygens (including phenoxy) is 2. The van der Waals surface area contributed by atoms with Gasteiger partial charge in [0.05, 0.1) is 31.1 Å². The Hall–Kier alpha value is -5.49. The minimum absolute atomic E-state index is 0.0254. The van der Waals surface area contributed by atoms with Crippen LogP contribution < -0.4 is 21.5 Å². The first-order valence-corrected chi connectivity index (χ1v) is 16.1. The zero-order valence-corrected chi connectivity index (χ0v) is 26.7. The van der Waals surface area contributed by atoms with Crippen molar-refractivity contribution in [2.24, 2.45) is 5.92 Å². The van der Waals surface area contributed by atoms with Gasteiger partial charge >= 0.3 is 5.76 Å². The van der Waals surface area contributed by atoms with Crippen molar-refractivity contribution in [3.63, 3.8) is 0 Å². The number of aryl methyl sites for hydroxylation is 1. The van der Waals surface area contributed by atoms with E-state index >= 15 is 0 Å². The van der Waals surface area contributed by atoms with Crippen LogP contribution in [0.5, 0.6) is 5.75 Å². The Morgan fingerprint density at radius 3 is 2.77 bits per heavy atom. The summed E-state index contributed by atoms with van der Waals surface area (Å²) in [5, 5.41) is 8.96. The molecule has 12 nitrogen and oxygen atoms in total. The summed E-state index contributed by atoms with van der Waals surface area (Å²) in [4.78, 5) is 35.2. The number of pyridine rings is 2. The van der Waals surface area contributed by atoms with E-state index in [0.717, 1.165) is 65.7 Å². The molecule has 6 aromatic rings. The number of fused-ring (bicyclic) bond motifs is 2. The zero-order chi connectivity index (χ0) is 32.9. The zero-order valence-electron chi connectivity index (χ0n) is 26.7.